The molecule has 2 unspecified atom stereocenters. The van der Waals surface area contributed by atoms with Crippen LogP contribution < -0.4 is 10.9 Å². The third-order valence-electron chi connectivity index (χ3n) is 15.0. The molecule has 7 rings (SSSR count). The van der Waals surface area contributed by atoms with E-state index in [1.54, 1.807) is 30.3 Å². The van der Waals surface area contributed by atoms with Gasteiger partial charge in [-0.25, -0.2) is 24.3 Å². The number of ether oxygens (including phenoxy) is 2. The van der Waals surface area contributed by atoms with E-state index in [2.05, 4.69) is 30.2 Å². The van der Waals surface area contributed by atoms with Gasteiger partial charge in [-0.05, 0) is 64.2 Å². The minimum Gasteiger partial charge on any atom is -0.414 e. The fraction of sp³-hybridized carbons (Fsp3) is 0.612. The Morgan fingerprint density at radius 3 is 2.17 bits per heavy atom. The minimum atomic E-state index is -4.35. The molecular formula is C49H73FN9O15P2SSi3+. The number of aromatic amines is 1. The lowest BCUT2D eigenvalue weighted by molar-refractivity contribution is -0.0575. The molecule has 2 aliphatic rings. The Balaban J connectivity index is 1.33. The number of carbonyl (C=O) groups is 1. The minimum absolute atomic E-state index is 0.0879. The van der Waals surface area contributed by atoms with Gasteiger partial charge >= 0.3 is 32.1 Å². The van der Waals surface area contributed by atoms with Crippen LogP contribution in [0.25, 0.3) is 22.2 Å². The molecule has 5 N–H and O–H groups in total. The smallest absolute Gasteiger partial charge is 0.414 e. The number of nitriles is 1. The van der Waals surface area contributed by atoms with E-state index in [4.69, 9.17) is 52.3 Å². The van der Waals surface area contributed by atoms with Gasteiger partial charge in [-0.1, -0.05) is 94.4 Å². The van der Waals surface area contributed by atoms with Crippen LogP contribution in [-0.4, -0.2) is 137 Å². The van der Waals surface area contributed by atoms with E-state index in [-0.39, 0.29) is 57.8 Å². The molecule has 5 aromatic rings. The van der Waals surface area contributed by atoms with Gasteiger partial charge in [0.2, 0.25) is 0 Å². The van der Waals surface area contributed by atoms with Crippen LogP contribution in [-0.2, 0) is 56.9 Å². The maximum Gasteiger partial charge on any atom is 0.695 e. The highest BCUT2D eigenvalue weighted by Gasteiger charge is 2.61. The summed E-state index contributed by atoms with van der Waals surface area (Å²) in [5, 5.41) is 22.9. The van der Waals surface area contributed by atoms with Crippen molar-refractivity contribution in [2.24, 2.45) is 0 Å². The number of carbonyl (C=O) groups excluding carboxylic acids is 1. The second kappa shape index (κ2) is 25.5. The summed E-state index contributed by atoms with van der Waals surface area (Å²) in [6, 6.07) is 10.5. The van der Waals surface area contributed by atoms with Crippen molar-refractivity contribution in [3.05, 3.63) is 77.2 Å². The van der Waals surface area contributed by atoms with E-state index in [1.807, 2.05) is 95.3 Å². The molecule has 2 aliphatic heterocycles. The second-order valence-electron chi connectivity index (χ2n) is 22.5. The zero-order valence-electron chi connectivity index (χ0n) is 47.0. The lowest BCUT2D eigenvalue weighted by Crippen LogP contribution is -2.62. The molecule has 4 aromatic heterocycles. The number of anilines is 1. The van der Waals surface area contributed by atoms with Crippen LogP contribution in [0.15, 0.2) is 60.3 Å². The molecule has 0 radical (unpaired) electrons. The van der Waals surface area contributed by atoms with Crippen LogP contribution in [0.3, 0.4) is 0 Å². The van der Waals surface area contributed by atoms with Gasteiger partial charge in [0.05, 0.1) is 45.0 Å². The first-order valence-corrected chi connectivity index (χ1v) is 36.9. The van der Waals surface area contributed by atoms with Gasteiger partial charge in [0.1, 0.15) is 42.2 Å². The van der Waals surface area contributed by atoms with Crippen molar-refractivity contribution in [1.82, 2.24) is 34.1 Å². The van der Waals surface area contributed by atoms with Crippen molar-refractivity contribution >= 4 is 86.1 Å². The van der Waals surface area contributed by atoms with E-state index in [0.717, 1.165) is 12.5 Å². The summed E-state index contributed by atoms with van der Waals surface area (Å²) < 4.78 is 92.0. The quantitative estimate of drug-likeness (QED) is 0.0207. The van der Waals surface area contributed by atoms with Crippen molar-refractivity contribution < 1.29 is 69.1 Å². The Kier molecular flexibility index (Phi) is 20.2. The number of hydrogen-bond donors (Lipinski definition) is 5. The van der Waals surface area contributed by atoms with Crippen molar-refractivity contribution in [2.45, 2.75) is 172 Å². The van der Waals surface area contributed by atoms with Crippen LogP contribution in [0.1, 0.15) is 105 Å². The number of imidazole rings is 1. The van der Waals surface area contributed by atoms with Crippen molar-refractivity contribution in [3.63, 3.8) is 0 Å². The first-order valence-electron chi connectivity index (χ1n) is 26.3. The van der Waals surface area contributed by atoms with E-state index in [9.17, 15) is 34.2 Å². The fourth-order valence-electron chi connectivity index (χ4n) is 9.60. The Bertz CT molecular complexity index is 3130. The van der Waals surface area contributed by atoms with E-state index < -0.39 is 130 Å². The topological polar surface area (TPSA) is 308 Å². The largest absolute Gasteiger partial charge is 0.695 e. The van der Waals surface area contributed by atoms with Crippen LogP contribution in [0.4, 0.5) is 10.2 Å². The Morgan fingerprint density at radius 2 is 1.57 bits per heavy atom. The van der Waals surface area contributed by atoms with Crippen molar-refractivity contribution in [2.75, 3.05) is 25.1 Å². The molecule has 438 valence electrons. The summed E-state index contributed by atoms with van der Waals surface area (Å²) in [5.41, 5.74) is -1.48. The average Bonchev–Trinajstić information content (AvgIpc) is 4.27. The number of benzene rings is 1. The number of aromatic nitrogens is 7. The molecule has 80 heavy (non-hydrogen) atoms. The number of nitrogens with zero attached hydrogens (tertiary/aromatic N) is 7. The number of fused-ring (bicyclic) bond motifs is 2. The summed E-state index contributed by atoms with van der Waals surface area (Å²) in [6.45, 7) is 19.2. The molecule has 31 heteroatoms. The van der Waals surface area contributed by atoms with Gasteiger partial charge in [0.25, 0.3) is 11.5 Å². The molecule has 1 amide bonds. The van der Waals surface area contributed by atoms with Crippen molar-refractivity contribution in [1.29, 1.82) is 5.26 Å². The third kappa shape index (κ3) is 13.2. The highest BCUT2D eigenvalue weighted by atomic mass is 32.5. The van der Waals surface area contributed by atoms with Gasteiger partial charge in [-0.3, -0.25) is 18.7 Å². The molecular weight excluding hydrogens is 1150 g/mol. The number of aliphatic hydroxyl groups is 1. The Hall–Kier alpha value is -4.00. The lowest BCUT2D eigenvalue weighted by atomic mass is 10.1. The first kappa shape index (κ1) is 63.6. The Labute approximate surface area is 472 Å². The zero-order chi connectivity index (χ0) is 58.9. The molecule has 1 aromatic carbocycles. The van der Waals surface area contributed by atoms with Crippen LogP contribution >= 0.6 is 15.0 Å². The van der Waals surface area contributed by atoms with Crippen LogP contribution in [0, 0.1) is 17.1 Å². The monoisotopic (exact) mass is 1220 g/mol. The zero-order valence-corrected chi connectivity index (χ0v) is 52.6. The predicted molar refractivity (Wildman–Crippen MR) is 303 cm³/mol. The molecule has 0 spiro atoms. The number of H-pyrrole nitrogens is 1. The molecule has 2 saturated heterocycles. The maximum absolute atomic E-state index is 16.0. The Morgan fingerprint density at radius 1 is 0.925 bits per heavy atom. The normalized spacial score (nSPS) is 23.2. The standard InChI is InChI=1S/C49H72FN9O15P2SSi3/c1-28(2)79(65,29(3)4)74-80(30(5)6,31(7)8)73-39-34(23-60)68-47(58-22-33(50)36-43(58)53-26-55-46(36)62)40(39)71-76(77,66-21-17-20-51)67-24-35-38(70-75(63)64)41(72-78(12,13)49(9,10)11)48(69-35)59-27-56-37-42(52-25-54-44(37)59)57-45(61)32-18-15-14-16-19-32/h14-16,18-19,22,25-31,34-35,38-41,47-48,60,65H,17,21,23-24H2,1-13H3,(H2-,52,53,54,55,57,61,62,63,64)/p+1/t34-,35-,38-,39-,40-,41-,47-,48-,76?/m1/s1. The molecule has 10 atom stereocenters. The summed E-state index contributed by atoms with van der Waals surface area (Å²) in [6.07, 6.45) is -6.15. The second-order valence-corrected chi connectivity index (χ2v) is 39.5. The van der Waals surface area contributed by atoms with Gasteiger partial charge < -0.3 is 56.3 Å². The molecule has 6 heterocycles. The molecule has 24 nitrogen and oxygen atoms in total. The third-order valence-corrected chi connectivity index (χ3v) is 32.0. The summed E-state index contributed by atoms with van der Waals surface area (Å²) in [4.78, 5) is 69.5. The molecule has 0 aliphatic carbocycles. The SMILES string of the molecule is CC(C)[Si](O)(O[Si](O[C@H]1[C@@H](OP(=S)(OCCC#N)OC[C@H]2O[C@@H](n3cnc4c(NC(=O)c5ccccc5)ncnc43)[C@H](O[Si](C)(C)C(C)(C)C)[C@@H]2O[P+](=O)O)[C@H](n2cc(F)c3c(=O)[nH]cnc32)O[C@@H]1CO)(C(C)C)C(C)C)C(C)C. The summed E-state index contributed by atoms with van der Waals surface area (Å²) >= 11 is 6.25. The summed E-state index contributed by atoms with van der Waals surface area (Å²) in [5.74, 6) is -1.32. The van der Waals surface area contributed by atoms with E-state index in [1.165, 1.54) is 21.8 Å². The highest BCUT2D eigenvalue weighted by Crippen LogP contribution is 2.57. The van der Waals surface area contributed by atoms with E-state index in [0.29, 0.717) is 5.56 Å². The molecule has 2 fully saturated rings. The van der Waals surface area contributed by atoms with Gasteiger partial charge in [-0.15, -0.1) is 9.42 Å². The number of halogens is 1. The maximum atomic E-state index is 16.0. The summed E-state index contributed by atoms with van der Waals surface area (Å²) in [7, 11) is -13.6. The lowest BCUT2D eigenvalue weighted by Gasteiger charge is -2.47. The highest BCUT2D eigenvalue weighted by molar-refractivity contribution is 8.07. The van der Waals surface area contributed by atoms with Gasteiger partial charge in [0.15, 0.2) is 55.3 Å². The predicted octanol–water partition coefficient (Wildman–Crippen LogP) is 8.64. The number of aliphatic hydroxyl groups excluding tert-OH is 1. The fourth-order valence-corrected chi connectivity index (χ4v) is 23.3. The number of rotatable bonds is 25. The number of hydrogen-bond acceptors (Lipinski definition) is 20. The van der Waals surface area contributed by atoms with Crippen LogP contribution in [0.5, 0.6) is 0 Å². The average molecular weight is 1230 g/mol. The van der Waals surface area contributed by atoms with Gasteiger partial charge in [0, 0.05) is 16.3 Å². The number of amides is 1. The van der Waals surface area contributed by atoms with Gasteiger partial charge in [-0.2, -0.15) is 5.26 Å². The first-order chi connectivity index (χ1) is 37.5. The van der Waals surface area contributed by atoms with E-state index >= 15 is 4.39 Å². The molecule has 0 bridgehead atoms. The number of nitrogens with one attached hydrogen (secondary N) is 2. The van der Waals surface area contributed by atoms with Crippen LogP contribution in [0.2, 0.25) is 40.3 Å². The van der Waals surface area contributed by atoms with Crippen molar-refractivity contribution in [3.8, 4) is 6.07 Å². The molecule has 0 saturated carbocycles.